The standard InChI is InChI=1S/C14H21NO5/c1-3-4-10-5-6-15(11(7-10)13(16)17)8-12-9(2)19-14(18)20-12/h10-11H,3-8H2,1-2H3,(H,16,17). The molecule has 6 heteroatoms. The number of hydrogen-bond donors (Lipinski definition) is 1. The van der Waals surface area contributed by atoms with Crippen LogP contribution in [-0.4, -0.2) is 28.6 Å². The van der Waals surface area contributed by atoms with Crippen LogP contribution in [0.4, 0.5) is 0 Å². The van der Waals surface area contributed by atoms with Gasteiger partial charge in [0.25, 0.3) is 0 Å². The molecule has 0 spiro atoms. The Labute approximate surface area is 117 Å². The third-order valence-electron chi connectivity index (χ3n) is 3.99. The van der Waals surface area contributed by atoms with Crippen molar-refractivity contribution in [1.82, 2.24) is 4.90 Å². The molecule has 1 saturated heterocycles. The van der Waals surface area contributed by atoms with Crippen molar-refractivity contribution >= 4 is 5.97 Å². The van der Waals surface area contributed by atoms with Gasteiger partial charge >= 0.3 is 11.8 Å². The second-order valence-corrected chi connectivity index (χ2v) is 5.44. The fourth-order valence-corrected chi connectivity index (χ4v) is 2.91. The van der Waals surface area contributed by atoms with Crippen LogP contribution < -0.4 is 5.82 Å². The van der Waals surface area contributed by atoms with Crippen LogP contribution in [0.5, 0.6) is 0 Å². The van der Waals surface area contributed by atoms with E-state index in [-0.39, 0.29) is 0 Å². The minimum Gasteiger partial charge on any atom is -0.480 e. The van der Waals surface area contributed by atoms with Gasteiger partial charge in [-0.05, 0) is 32.2 Å². The average Bonchev–Trinajstić information content (AvgIpc) is 2.70. The van der Waals surface area contributed by atoms with Crippen molar-refractivity contribution < 1.29 is 18.7 Å². The molecule has 0 aromatic carbocycles. The summed E-state index contributed by atoms with van der Waals surface area (Å²) in [6.45, 7) is 4.79. The lowest BCUT2D eigenvalue weighted by Gasteiger charge is -2.36. The molecule has 1 aliphatic rings. The molecule has 112 valence electrons. The fourth-order valence-electron chi connectivity index (χ4n) is 2.91. The topological polar surface area (TPSA) is 83.9 Å². The first-order chi connectivity index (χ1) is 9.51. The molecule has 1 aromatic heterocycles. The molecule has 0 amide bonds. The quantitative estimate of drug-likeness (QED) is 0.889. The van der Waals surface area contributed by atoms with Crippen molar-refractivity contribution in [3.63, 3.8) is 0 Å². The van der Waals surface area contributed by atoms with E-state index in [1.807, 2.05) is 4.90 Å². The van der Waals surface area contributed by atoms with E-state index in [0.717, 1.165) is 19.3 Å². The maximum atomic E-state index is 11.4. The fraction of sp³-hybridized carbons (Fsp3) is 0.714. The number of hydrogen-bond acceptors (Lipinski definition) is 5. The molecule has 1 fully saturated rings. The van der Waals surface area contributed by atoms with Gasteiger partial charge in [0.15, 0.2) is 5.76 Å². The van der Waals surface area contributed by atoms with Gasteiger partial charge in [0.1, 0.15) is 11.8 Å². The van der Waals surface area contributed by atoms with Crippen molar-refractivity contribution in [2.45, 2.75) is 52.1 Å². The number of carboxylic acids is 1. The lowest BCUT2D eigenvalue weighted by Crippen LogP contribution is -2.46. The molecule has 6 nitrogen and oxygen atoms in total. The van der Waals surface area contributed by atoms with Gasteiger partial charge in [-0.2, -0.15) is 0 Å². The van der Waals surface area contributed by atoms with E-state index < -0.39 is 17.8 Å². The minimum atomic E-state index is -0.811. The van der Waals surface area contributed by atoms with Crippen LogP contribution >= 0.6 is 0 Å². The number of piperidine rings is 1. The van der Waals surface area contributed by atoms with Gasteiger partial charge in [-0.15, -0.1) is 0 Å². The highest BCUT2D eigenvalue weighted by Crippen LogP contribution is 2.28. The number of aliphatic carboxylic acids is 1. The number of carbonyl (C=O) groups is 1. The van der Waals surface area contributed by atoms with Gasteiger partial charge in [-0.25, -0.2) is 4.79 Å². The number of likely N-dealkylation sites (tertiary alicyclic amines) is 1. The molecule has 1 aliphatic heterocycles. The molecule has 20 heavy (non-hydrogen) atoms. The van der Waals surface area contributed by atoms with Gasteiger partial charge in [0.05, 0.1) is 6.54 Å². The predicted octanol–water partition coefficient (Wildman–Crippen LogP) is 2.01. The molecule has 2 unspecified atom stereocenters. The van der Waals surface area contributed by atoms with Crippen molar-refractivity contribution in [2.24, 2.45) is 5.92 Å². The largest absolute Gasteiger partial charge is 0.519 e. The predicted molar refractivity (Wildman–Crippen MR) is 71.4 cm³/mol. The molecule has 2 atom stereocenters. The molecule has 2 rings (SSSR count). The molecule has 0 radical (unpaired) electrons. The molecule has 0 aliphatic carbocycles. The third-order valence-corrected chi connectivity index (χ3v) is 3.99. The minimum absolute atomic E-state index is 0.313. The highest BCUT2D eigenvalue weighted by Gasteiger charge is 2.33. The van der Waals surface area contributed by atoms with Crippen molar-refractivity contribution in [3.05, 3.63) is 22.1 Å². The maximum absolute atomic E-state index is 11.4. The van der Waals surface area contributed by atoms with Crippen LogP contribution in [0, 0.1) is 12.8 Å². The summed E-state index contributed by atoms with van der Waals surface area (Å²) in [6.07, 6.45) is 3.78. The van der Waals surface area contributed by atoms with Gasteiger partial charge in [0, 0.05) is 0 Å². The van der Waals surface area contributed by atoms with Gasteiger partial charge in [-0.3, -0.25) is 9.69 Å². The summed E-state index contributed by atoms with van der Waals surface area (Å²) in [5.74, 6) is -0.223. The third kappa shape index (κ3) is 3.30. The number of aryl methyl sites for hydroxylation is 1. The first-order valence-corrected chi connectivity index (χ1v) is 7.07. The summed E-state index contributed by atoms with van der Waals surface area (Å²) < 4.78 is 9.78. The first kappa shape index (κ1) is 14.8. The molecule has 1 N–H and O–H groups in total. The van der Waals surface area contributed by atoms with Crippen LogP contribution in [0.25, 0.3) is 0 Å². The van der Waals surface area contributed by atoms with Crippen LogP contribution in [0.3, 0.4) is 0 Å². The Kier molecular flexibility index (Phi) is 4.65. The highest BCUT2D eigenvalue weighted by atomic mass is 16.6. The summed E-state index contributed by atoms with van der Waals surface area (Å²) in [5.41, 5.74) is 0. The van der Waals surface area contributed by atoms with E-state index in [4.69, 9.17) is 8.83 Å². The summed E-state index contributed by atoms with van der Waals surface area (Å²) in [7, 11) is 0. The van der Waals surface area contributed by atoms with E-state index in [1.54, 1.807) is 6.92 Å². The lowest BCUT2D eigenvalue weighted by atomic mass is 9.87. The zero-order chi connectivity index (χ0) is 14.7. The Morgan fingerprint density at radius 3 is 2.75 bits per heavy atom. The van der Waals surface area contributed by atoms with Crippen LogP contribution in [-0.2, 0) is 11.3 Å². The smallest absolute Gasteiger partial charge is 0.480 e. The number of carboxylic acid groups (broad SMARTS) is 1. The van der Waals surface area contributed by atoms with E-state index in [9.17, 15) is 14.7 Å². The Bertz CT molecular complexity index is 518. The van der Waals surface area contributed by atoms with E-state index in [2.05, 4.69) is 6.92 Å². The molecule has 0 saturated carbocycles. The summed E-state index contributed by atoms with van der Waals surface area (Å²) in [6, 6.07) is -0.514. The first-order valence-electron chi connectivity index (χ1n) is 7.07. The SMILES string of the molecule is CCCC1CCN(Cc2oc(=O)oc2C)C(C(=O)O)C1. The second-order valence-electron chi connectivity index (χ2n) is 5.44. The lowest BCUT2D eigenvalue weighted by molar-refractivity contribution is -0.146. The van der Waals surface area contributed by atoms with Gasteiger partial charge < -0.3 is 13.9 Å². The summed E-state index contributed by atoms with van der Waals surface area (Å²) in [4.78, 5) is 24.3. The Morgan fingerprint density at radius 2 is 2.20 bits per heavy atom. The highest BCUT2D eigenvalue weighted by molar-refractivity contribution is 5.73. The average molecular weight is 283 g/mol. The number of nitrogens with zero attached hydrogens (tertiary/aromatic N) is 1. The Balaban J connectivity index is 2.08. The molecule has 1 aromatic rings. The monoisotopic (exact) mass is 283 g/mol. The molecular weight excluding hydrogens is 262 g/mol. The molecule has 2 heterocycles. The molecule has 0 bridgehead atoms. The van der Waals surface area contributed by atoms with Crippen LogP contribution in [0.15, 0.2) is 13.6 Å². The maximum Gasteiger partial charge on any atom is 0.519 e. The van der Waals surface area contributed by atoms with Crippen LogP contribution in [0.2, 0.25) is 0 Å². The van der Waals surface area contributed by atoms with E-state index in [1.165, 1.54) is 0 Å². The Hall–Kier alpha value is -1.56. The van der Waals surface area contributed by atoms with Gasteiger partial charge in [-0.1, -0.05) is 19.8 Å². The zero-order valence-electron chi connectivity index (χ0n) is 11.9. The molecular formula is C14H21NO5. The Morgan fingerprint density at radius 1 is 1.45 bits per heavy atom. The summed E-state index contributed by atoms with van der Waals surface area (Å²) in [5, 5.41) is 9.39. The van der Waals surface area contributed by atoms with Gasteiger partial charge in [0.2, 0.25) is 0 Å². The van der Waals surface area contributed by atoms with Crippen molar-refractivity contribution in [3.8, 4) is 0 Å². The van der Waals surface area contributed by atoms with Crippen molar-refractivity contribution in [1.29, 1.82) is 0 Å². The number of rotatable bonds is 5. The van der Waals surface area contributed by atoms with Crippen molar-refractivity contribution in [2.75, 3.05) is 6.54 Å². The van der Waals surface area contributed by atoms with E-state index >= 15 is 0 Å². The zero-order valence-corrected chi connectivity index (χ0v) is 11.9. The second kappa shape index (κ2) is 6.26. The normalized spacial score (nSPS) is 23.9. The van der Waals surface area contributed by atoms with Crippen LogP contribution in [0.1, 0.15) is 44.1 Å². The van der Waals surface area contributed by atoms with E-state index in [0.29, 0.717) is 36.9 Å². The summed E-state index contributed by atoms with van der Waals surface area (Å²) >= 11 is 0.